The number of anilines is 1. The molecule has 0 atom stereocenters. The molecule has 0 amide bonds. The van der Waals surface area contributed by atoms with Gasteiger partial charge in [-0.3, -0.25) is 0 Å². The first-order valence-corrected chi connectivity index (χ1v) is 7.77. The van der Waals surface area contributed by atoms with Crippen molar-refractivity contribution in [1.29, 1.82) is 0 Å². The summed E-state index contributed by atoms with van der Waals surface area (Å²) in [4.78, 5) is 0.530. The highest BCUT2D eigenvalue weighted by Gasteiger charge is 2.24. The Labute approximate surface area is 115 Å². The predicted octanol–water partition coefficient (Wildman–Crippen LogP) is 2.29. The Bertz CT molecular complexity index is 669. The number of hydrogen-bond donors (Lipinski definition) is 1. The van der Waals surface area contributed by atoms with E-state index in [1.807, 2.05) is 17.5 Å². The number of benzene rings is 1. The number of sulfonamides is 1. The van der Waals surface area contributed by atoms with E-state index in [1.165, 1.54) is 30.5 Å². The maximum Gasteiger partial charge on any atom is 0.246 e. The third-order valence-electron chi connectivity index (χ3n) is 2.60. The first kappa shape index (κ1) is 14.0. The van der Waals surface area contributed by atoms with Gasteiger partial charge < -0.3 is 5.73 Å². The molecule has 0 spiro atoms. The van der Waals surface area contributed by atoms with Gasteiger partial charge in [-0.25, -0.2) is 12.8 Å². The minimum atomic E-state index is -3.85. The van der Waals surface area contributed by atoms with Crippen LogP contribution in [0.3, 0.4) is 0 Å². The van der Waals surface area contributed by atoms with Gasteiger partial charge in [0.2, 0.25) is 10.0 Å². The first-order chi connectivity index (χ1) is 8.91. The molecule has 2 aromatic rings. The number of nitrogens with zero attached hydrogens (tertiary/aromatic N) is 1. The maximum absolute atomic E-state index is 13.7. The van der Waals surface area contributed by atoms with E-state index in [4.69, 9.17) is 5.73 Å². The van der Waals surface area contributed by atoms with Crippen LogP contribution < -0.4 is 5.73 Å². The summed E-state index contributed by atoms with van der Waals surface area (Å²) in [5.74, 6) is -0.835. The molecular weight excluding hydrogens is 287 g/mol. The average Bonchev–Trinajstić information content (AvgIpc) is 2.81. The number of nitrogen functional groups attached to an aromatic ring is 1. The molecule has 7 heteroatoms. The fourth-order valence-electron chi connectivity index (χ4n) is 1.60. The molecule has 102 valence electrons. The van der Waals surface area contributed by atoms with E-state index in [0.717, 1.165) is 15.2 Å². The van der Waals surface area contributed by atoms with Crippen LogP contribution in [0.25, 0.3) is 0 Å². The van der Waals surface area contributed by atoms with Gasteiger partial charge in [0.1, 0.15) is 10.7 Å². The second-order valence-electron chi connectivity index (χ2n) is 4.03. The number of hydrogen-bond acceptors (Lipinski definition) is 4. The van der Waals surface area contributed by atoms with Crippen LogP contribution in [-0.2, 0) is 16.6 Å². The zero-order valence-corrected chi connectivity index (χ0v) is 11.8. The van der Waals surface area contributed by atoms with Gasteiger partial charge in [0.05, 0.1) is 0 Å². The van der Waals surface area contributed by atoms with Gasteiger partial charge in [-0.15, -0.1) is 11.3 Å². The van der Waals surface area contributed by atoms with Crippen LogP contribution in [0.1, 0.15) is 4.88 Å². The van der Waals surface area contributed by atoms with E-state index in [2.05, 4.69) is 0 Å². The Morgan fingerprint density at radius 1 is 1.37 bits per heavy atom. The number of thiophene rings is 1. The molecule has 19 heavy (non-hydrogen) atoms. The molecule has 0 radical (unpaired) electrons. The standard InChI is InChI=1S/C12H13FN2O2S2/c1-15(8-10-3-2-6-18-10)19(16,17)12-5-4-9(14)7-11(12)13/h2-7H,8,14H2,1H3. The third kappa shape index (κ3) is 2.94. The van der Waals surface area contributed by atoms with Crippen molar-refractivity contribution < 1.29 is 12.8 Å². The lowest BCUT2D eigenvalue weighted by molar-refractivity contribution is 0.462. The van der Waals surface area contributed by atoms with Crippen molar-refractivity contribution in [2.24, 2.45) is 0 Å². The van der Waals surface area contributed by atoms with Crippen molar-refractivity contribution in [3.63, 3.8) is 0 Å². The molecule has 0 aliphatic heterocycles. The van der Waals surface area contributed by atoms with Gasteiger partial charge in [0.15, 0.2) is 0 Å². The number of rotatable bonds is 4. The van der Waals surface area contributed by atoms with Crippen LogP contribution in [0.4, 0.5) is 10.1 Å². The lowest BCUT2D eigenvalue weighted by Gasteiger charge is -2.16. The second kappa shape index (κ2) is 5.28. The van der Waals surface area contributed by atoms with Crippen LogP contribution in [0.5, 0.6) is 0 Å². The van der Waals surface area contributed by atoms with Crippen molar-refractivity contribution in [3.8, 4) is 0 Å². The molecule has 2 N–H and O–H groups in total. The maximum atomic E-state index is 13.7. The Kier molecular flexibility index (Phi) is 3.88. The molecule has 2 rings (SSSR count). The minimum absolute atomic E-state index is 0.192. The largest absolute Gasteiger partial charge is 0.399 e. The molecule has 4 nitrogen and oxygen atoms in total. The van der Waals surface area contributed by atoms with Gasteiger partial charge in [0.25, 0.3) is 0 Å². The second-order valence-corrected chi connectivity index (χ2v) is 7.08. The Morgan fingerprint density at radius 3 is 2.68 bits per heavy atom. The molecule has 0 aliphatic carbocycles. The van der Waals surface area contributed by atoms with Crippen molar-refractivity contribution in [2.75, 3.05) is 12.8 Å². The molecule has 1 heterocycles. The summed E-state index contributed by atoms with van der Waals surface area (Å²) in [5, 5.41) is 1.86. The zero-order chi connectivity index (χ0) is 14.0. The fraction of sp³-hybridized carbons (Fsp3) is 0.167. The molecular formula is C12H13FN2O2S2. The van der Waals surface area contributed by atoms with E-state index in [1.54, 1.807) is 0 Å². The van der Waals surface area contributed by atoms with Crippen LogP contribution in [-0.4, -0.2) is 19.8 Å². The summed E-state index contributed by atoms with van der Waals surface area (Å²) in [6.07, 6.45) is 0. The average molecular weight is 300 g/mol. The summed E-state index contributed by atoms with van der Waals surface area (Å²) in [7, 11) is -2.43. The van der Waals surface area contributed by atoms with Gasteiger partial charge in [0, 0.05) is 24.2 Å². The van der Waals surface area contributed by atoms with Crippen LogP contribution in [0.15, 0.2) is 40.6 Å². The topological polar surface area (TPSA) is 63.4 Å². The van der Waals surface area contributed by atoms with Crippen LogP contribution in [0.2, 0.25) is 0 Å². The van der Waals surface area contributed by atoms with Crippen molar-refractivity contribution in [3.05, 3.63) is 46.4 Å². The molecule has 0 fully saturated rings. The molecule has 0 saturated carbocycles. The molecule has 0 bridgehead atoms. The predicted molar refractivity (Wildman–Crippen MR) is 73.8 cm³/mol. The summed E-state index contributed by atoms with van der Waals surface area (Å²) in [6.45, 7) is 0.212. The van der Waals surface area contributed by atoms with E-state index < -0.39 is 15.8 Å². The minimum Gasteiger partial charge on any atom is -0.399 e. The highest BCUT2D eigenvalue weighted by atomic mass is 32.2. The van der Waals surface area contributed by atoms with Crippen molar-refractivity contribution in [2.45, 2.75) is 11.4 Å². The van der Waals surface area contributed by atoms with E-state index in [0.29, 0.717) is 0 Å². The monoisotopic (exact) mass is 300 g/mol. The molecule has 1 aromatic heterocycles. The van der Waals surface area contributed by atoms with Crippen molar-refractivity contribution >= 4 is 27.0 Å². The molecule has 0 aliphatic rings. The number of nitrogens with two attached hydrogens (primary N) is 1. The zero-order valence-electron chi connectivity index (χ0n) is 10.2. The van der Waals surface area contributed by atoms with Gasteiger partial charge in [-0.05, 0) is 29.6 Å². The molecule has 0 unspecified atom stereocenters. The first-order valence-electron chi connectivity index (χ1n) is 5.45. The highest BCUT2D eigenvalue weighted by molar-refractivity contribution is 7.89. The highest BCUT2D eigenvalue weighted by Crippen LogP contribution is 2.22. The van der Waals surface area contributed by atoms with E-state index >= 15 is 0 Å². The van der Waals surface area contributed by atoms with Gasteiger partial charge in [-0.1, -0.05) is 6.07 Å². The van der Waals surface area contributed by atoms with Crippen LogP contribution in [0, 0.1) is 5.82 Å². The quantitative estimate of drug-likeness (QED) is 0.881. The van der Waals surface area contributed by atoms with Gasteiger partial charge >= 0.3 is 0 Å². The van der Waals surface area contributed by atoms with Gasteiger partial charge in [-0.2, -0.15) is 4.31 Å². The summed E-state index contributed by atoms with van der Waals surface area (Å²) in [6, 6.07) is 7.23. The summed E-state index contributed by atoms with van der Waals surface area (Å²) in [5.41, 5.74) is 5.60. The Hall–Kier alpha value is -1.44. The normalized spacial score (nSPS) is 11.9. The summed E-state index contributed by atoms with van der Waals surface area (Å²) >= 11 is 1.45. The lowest BCUT2D eigenvalue weighted by Crippen LogP contribution is -2.27. The third-order valence-corrected chi connectivity index (χ3v) is 5.30. The SMILES string of the molecule is CN(Cc1cccs1)S(=O)(=O)c1ccc(N)cc1F. The van der Waals surface area contributed by atoms with Crippen LogP contribution >= 0.6 is 11.3 Å². The lowest BCUT2D eigenvalue weighted by atomic mass is 10.3. The fourth-order valence-corrected chi connectivity index (χ4v) is 3.63. The molecule has 0 saturated heterocycles. The Balaban J connectivity index is 2.31. The Morgan fingerprint density at radius 2 is 2.11 bits per heavy atom. The van der Waals surface area contributed by atoms with Crippen molar-refractivity contribution in [1.82, 2.24) is 4.31 Å². The smallest absolute Gasteiger partial charge is 0.246 e. The summed E-state index contributed by atoms with van der Waals surface area (Å²) < 4.78 is 39.3. The van der Waals surface area contributed by atoms with E-state index in [9.17, 15) is 12.8 Å². The van der Waals surface area contributed by atoms with E-state index in [-0.39, 0.29) is 17.1 Å². The number of halogens is 1. The molecule has 1 aromatic carbocycles.